The lowest BCUT2D eigenvalue weighted by Crippen LogP contribution is -2.26. The van der Waals surface area contributed by atoms with Gasteiger partial charge < -0.3 is 11.1 Å². The minimum Gasteiger partial charge on any atom is -0.384 e. The fourth-order valence-electron chi connectivity index (χ4n) is 1.94. The number of nitrogens with zero attached hydrogens (tertiary/aromatic N) is 2. The molecule has 106 valence electrons. The van der Waals surface area contributed by atoms with Crippen LogP contribution in [-0.4, -0.2) is 15.9 Å². The lowest BCUT2D eigenvalue weighted by atomic mass is 10.2. The van der Waals surface area contributed by atoms with Crippen LogP contribution in [0.4, 0.5) is 5.82 Å². The van der Waals surface area contributed by atoms with E-state index in [1.807, 2.05) is 20.8 Å². The molecule has 0 saturated heterocycles. The molecule has 2 rings (SSSR count). The molecule has 0 radical (unpaired) electrons. The highest BCUT2D eigenvalue weighted by Crippen LogP contribution is 2.24. The molecule has 0 saturated carbocycles. The molecular formula is C13H15ClN4OS. The van der Waals surface area contributed by atoms with Crippen LogP contribution in [0.1, 0.15) is 38.9 Å². The average molecular weight is 311 g/mol. The number of anilines is 1. The number of carbonyl (C=O) groups is 1. The second-order valence-electron chi connectivity index (χ2n) is 4.48. The van der Waals surface area contributed by atoms with Crippen molar-refractivity contribution in [3.05, 3.63) is 38.4 Å². The maximum Gasteiger partial charge on any atom is 0.252 e. The number of halogens is 1. The lowest BCUT2D eigenvalue weighted by Gasteiger charge is -2.13. The maximum atomic E-state index is 12.2. The van der Waals surface area contributed by atoms with Gasteiger partial charge in [0.05, 0.1) is 16.7 Å². The minimum atomic E-state index is -0.237. The van der Waals surface area contributed by atoms with Crippen molar-refractivity contribution in [2.45, 2.75) is 26.8 Å². The van der Waals surface area contributed by atoms with Crippen molar-refractivity contribution in [2.75, 3.05) is 5.73 Å². The first-order chi connectivity index (χ1) is 9.36. The van der Waals surface area contributed by atoms with Gasteiger partial charge in [0.25, 0.3) is 5.91 Å². The van der Waals surface area contributed by atoms with Crippen LogP contribution in [0.5, 0.6) is 0 Å². The third-order valence-electron chi connectivity index (χ3n) is 2.76. The van der Waals surface area contributed by atoms with Crippen molar-refractivity contribution >= 4 is 34.7 Å². The first kappa shape index (κ1) is 14.7. The largest absolute Gasteiger partial charge is 0.384 e. The molecular weight excluding hydrogens is 296 g/mol. The van der Waals surface area contributed by atoms with Gasteiger partial charge in [-0.2, -0.15) is 0 Å². The summed E-state index contributed by atoms with van der Waals surface area (Å²) in [6.45, 7) is 5.80. The molecule has 0 bridgehead atoms. The zero-order valence-corrected chi connectivity index (χ0v) is 13.0. The molecule has 0 aliphatic carbocycles. The number of hydrogen-bond acceptors (Lipinski definition) is 5. The molecule has 0 aliphatic heterocycles. The monoisotopic (exact) mass is 310 g/mol. The number of thiazole rings is 1. The highest BCUT2D eigenvalue weighted by Gasteiger charge is 2.17. The average Bonchev–Trinajstić information content (AvgIpc) is 2.67. The van der Waals surface area contributed by atoms with E-state index >= 15 is 0 Å². The second kappa shape index (κ2) is 5.76. The summed E-state index contributed by atoms with van der Waals surface area (Å²) < 4.78 is 0. The van der Waals surface area contributed by atoms with Crippen molar-refractivity contribution in [1.82, 2.24) is 15.3 Å². The number of pyridine rings is 1. The number of nitrogens with two attached hydrogens (primary N) is 1. The van der Waals surface area contributed by atoms with Crippen molar-refractivity contribution in [3.8, 4) is 0 Å². The lowest BCUT2D eigenvalue weighted by molar-refractivity contribution is 0.0940. The number of aromatic nitrogens is 2. The fraction of sp³-hybridized carbons (Fsp3) is 0.308. The van der Waals surface area contributed by atoms with E-state index in [1.165, 1.54) is 12.1 Å². The quantitative estimate of drug-likeness (QED) is 0.854. The summed E-state index contributed by atoms with van der Waals surface area (Å²) in [7, 11) is 0. The molecule has 1 atom stereocenters. The number of hydrogen-bond donors (Lipinski definition) is 2. The van der Waals surface area contributed by atoms with E-state index in [9.17, 15) is 4.79 Å². The highest BCUT2D eigenvalue weighted by molar-refractivity contribution is 7.11. The standard InChI is InChI=1S/C13H15ClN4OS/c1-6-12(20-8(3)16-6)7(2)17-13(19)9-4-10(14)18-11(15)5-9/h4-5,7H,1-3H3,(H2,15,18)(H,17,19). The van der Waals surface area contributed by atoms with Crippen LogP contribution in [0.15, 0.2) is 12.1 Å². The van der Waals surface area contributed by atoms with Gasteiger partial charge in [0.1, 0.15) is 11.0 Å². The first-order valence-corrected chi connectivity index (χ1v) is 7.24. The summed E-state index contributed by atoms with van der Waals surface area (Å²) in [6, 6.07) is 2.87. The van der Waals surface area contributed by atoms with E-state index in [-0.39, 0.29) is 22.9 Å². The predicted molar refractivity (Wildman–Crippen MR) is 81.1 cm³/mol. The van der Waals surface area contributed by atoms with Gasteiger partial charge in [-0.25, -0.2) is 9.97 Å². The molecule has 1 unspecified atom stereocenters. The van der Waals surface area contributed by atoms with Gasteiger partial charge in [-0.15, -0.1) is 11.3 Å². The maximum absolute atomic E-state index is 12.2. The van der Waals surface area contributed by atoms with Crippen molar-refractivity contribution in [1.29, 1.82) is 0 Å². The van der Waals surface area contributed by atoms with E-state index in [2.05, 4.69) is 15.3 Å². The van der Waals surface area contributed by atoms with Crippen LogP contribution in [0.2, 0.25) is 5.15 Å². The molecule has 0 aromatic carbocycles. The van der Waals surface area contributed by atoms with Crippen LogP contribution in [0.3, 0.4) is 0 Å². The van der Waals surface area contributed by atoms with Crippen molar-refractivity contribution in [2.24, 2.45) is 0 Å². The molecule has 7 heteroatoms. The van der Waals surface area contributed by atoms with E-state index < -0.39 is 0 Å². The number of carbonyl (C=O) groups excluding carboxylic acids is 1. The summed E-state index contributed by atoms with van der Waals surface area (Å²) in [5, 5.41) is 4.09. The van der Waals surface area contributed by atoms with Crippen molar-refractivity contribution in [3.63, 3.8) is 0 Å². The SMILES string of the molecule is Cc1nc(C)c(C(C)NC(=O)c2cc(N)nc(Cl)c2)s1. The summed E-state index contributed by atoms with van der Waals surface area (Å²) in [5.41, 5.74) is 6.92. The molecule has 2 aromatic heterocycles. The van der Waals surface area contributed by atoms with Gasteiger partial charge in [-0.05, 0) is 32.9 Å². The third kappa shape index (κ3) is 3.26. The summed E-state index contributed by atoms with van der Waals surface area (Å²) in [5.74, 6) is -0.0147. The number of nitrogen functional groups attached to an aromatic ring is 1. The van der Waals surface area contributed by atoms with E-state index in [1.54, 1.807) is 11.3 Å². The van der Waals surface area contributed by atoms with Crippen molar-refractivity contribution < 1.29 is 4.79 Å². The molecule has 2 aromatic rings. The number of aryl methyl sites for hydroxylation is 2. The van der Waals surface area contributed by atoms with E-state index in [0.29, 0.717) is 5.56 Å². The summed E-state index contributed by atoms with van der Waals surface area (Å²) in [4.78, 5) is 21.4. The van der Waals surface area contributed by atoms with Gasteiger partial charge in [0.15, 0.2) is 0 Å². The molecule has 2 heterocycles. The molecule has 3 N–H and O–H groups in total. The van der Waals surface area contributed by atoms with Crippen LogP contribution < -0.4 is 11.1 Å². The van der Waals surface area contributed by atoms with Crippen LogP contribution in [0, 0.1) is 13.8 Å². The molecule has 0 aliphatic rings. The Morgan fingerprint density at radius 3 is 2.65 bits per heavy atom. The Morgan fingerprint density at radius 1 is 1.40 bits per heavy atom. The number of nitrogens with one attached hydrogen (secondary N) is 1. The zero-order valence-electron chi connectivity index (χ0n) is 11.4. The fourth-order valence-corrected chi connectivity index (χ4v) is 3.09. The Bertz CT molecular complexity index is 636. The zero-order chi connectivity index (χ0) is 14.9. The normalized spacial score (nSPS) is 12.2. The Hall–Kier alpha value is -1.66. The second-order valence-corrected chi connectivity index (χ2v) is 6.10. The van der Waals surface area contributed by atoms with Gasteiger partial charge in [-0.3, -0.25) is 4.79 Å². The Labute approximate surface area is 126 Å². The van der Waals surface area contributed by atoms with Crippen LogP contribution in [0.25, 0.3) is 0 Å². The Morgan fingerprint density at radius 2 is 2.10 bits per heavy atom. The Kier molecular flexibility index (Phi) is 4.25. The van der Waals surface area contributed by atoms with Gasteiger partial charge in [0.2, 0.25) is 0 Å². The summed E-state index contributed by atoms with van der Waals surface area (Å²) in [6.07, 6.45) is 0. The molecule has 1 amide bonds. The van der Waals surface area contributed by atoms with Gasteiger partial charge in [0, 0.05) is 10.4 Å². The predicted octanol–water partition coefficient (Wildman–Crippen LogP) is 2.88. The molecule has 20 heavy (non-hydrogen) atoms. The first-order valence-electron chi connectivity index (χ1n) is 6.04. The van der Waals surface area contributed by atoms with Crippen LogP contribution >= 0.6 is 22.9 Å². The minimum absolute atomic E-state index is 0.123. The van der Waals surface area contributed by atoms with E-state index in [0.717, 1.165) is 15.6 Å². The topological polar surface area (TPSA) is 80.9 Å². The van der Waals surface area contributed by atoms with Gasteiger partial charge in [-0.1, -0.05) is 11.6 Å². The molecule has 0 spiro atoms. The van der Waals surface area contributed by atoms with E-state index in [4.69, 9.17) is 17.3 Å². The van der Waals surface area contributed by atoms with Crippen LogP contribution in [-0.2, 0) is 0 Å². The molecule has 0 fully saturated rings. The number of amides is 1. The summed E-state index contributed by atoms with van der Waals surface area (Å²) >= 11 is 7.37. The smallest absolute Gasteiger partial charge is 0.252 e. The number of rotatable bonds is 3. The molecule has 5 nitrogen and oxygen atoms in total. The third-order valence-corrected chi connectivity index (χ3v) is 4.21. The highest BCUT2D eigenvalue weighted by atomic mass is 35.5. The van der Waals surface area contributed by atoms with Gasteiger partial charge >= 0.3 is 0 Å². The Balaban J connectivity index is 2.17.